The average molecular weight is 417 g/mol. The van der Waals surface area contributed by atoms with Gasteiger partial charge in [0.1, 0.15) is 0 Å². The number of fused-ring (bicyclic) bond motifs is 2. The molecule has 1 aromatic carbocycles. The van der Waals surface area contributed by atoms with E-state index in [0.29, 0.717) is 35.8 Å². The number of hydrogen-bond acceptors (Lipinski definition) is 3. The SMILES string of the molecule is O=C(CCCN1C(=O)c2ccc(Br)cc2C1=O)N1CC2CC=CCC2C1. The summed E-state index contributed by atoms with van der Waals surface area (Å²) < 4.78 is 0.777. The molecule has 1 fully saturated rings. The minimum Gasteiger partial charge on any atom is -0.342 e. The molecule has 26 heavy (non-hydrogen) atoms. The molecule has 3 aliphatic rings. The highest BCUT2D eigenvalue weighted by Crippen LogP contribution is 2.33. The Bertz CT molecular complexity index is 788. The maximum absolute atomic E-state index is 12.5. The number of carbonyl (C=O) groups is 3. The fraction of sp³-hybridized carbons (Fsp3) is 0.450. The first-order chi connectivity index (χ1) is 12.5. The van der Waals surface area contributed by atoms with Crippen molar-refractivity contribution in [1.29, 1.82) is 0 Å². The Balaban J connectivity index is 1.31. The summed E-state index contributed by atoms with van der Waals surface area (Å²) in [6.45, 7) is 1.97. The molecule has 1 aromatic rings. The second kappa shape index (κ2) is 6.99. The Morgan fingerprint density at radius 2 is 1.69 bits per heavy atom. The van der Waals surface area contributed by atoms with Crippen LogP contribution in [0.2, 0.25) is 0 Å². The smallest absolute Gasteiger partial charge is 0.261 e. The van der Waals surface area contributed by atoms with Crippen LogP contribution in [0.4, 0.5) is 0 Å². The lowest BCUT2D eigenvalue weighted by Crippen LogP contribution is -2.33. The molecular formula is C20H21BrN2O3. The zero-order valence-electron chi connectivity index (χ0n) is 14.5. The number of benzene rings is 1. The average Bonchev–Trinajstić information content (AvgIpc) is 3.16. The summed E-state index contributed by atoms with van der Waals surface area (Å²) in [5.41, 5.74) is 0.882. The molecule has 5 nitrogen and oxygen atoms in total. The summed E-state index contributed by atoms with van der Waals surface area (Å²) in [4.78, 5) is 40.6. The van der Waals surface area contributed by atoms with Crippen molar-refractivity contribution in [2.24, 2.45) is 11.8 Å². The number of carbonyl (C=O) groups excluding carboxylic acids is 3. The van der Waals surface area contributed by atoms with E-state index in [0.717, 1.165) is 30.4 Å². The quantitative estimate of drug-likeness (QED) is 0.558. The molecule has 2 unspecified atom stereocenters. The highest BCUT2D eigenvalue weighted by atomic mass is 79.9. The molecule has 6 heteroatoms. The van der Waals surface area contributed by atoms with Crippen LogP contribution in [0, 0.1) is 11.8 Å². The van der Waals surface area contributed by atoms with Gasteiger partial charge in [0, 0.05) is 30.5 Å². The lowest BCUT2D eigenvalue weighted by Gasteiger charge is -2.18. The Morgan fingerprint density at radius 3 is 2.38 bits per heavy atom. The van der Waals surface area contributed by atoms with Crippen molar-refractivity contribution in [3.05, 3.63) is 46.0 Å². The molecule has 1 saturated heterocycles. The second-order valence-electron chi connectivity index (χ2n) is 7.32. The number of likely N-dealkylation sites (tertiary alicyclic amines) is 1. The predicted octanol–water partition coefficient (Wildman–Crippen LogP) is 3.25. The van der Waals surface area contributed by atoms with E-state index < -0.39 is 0 Å². The molecule has 2 atom stereocenters. The van der Waals surface area contributed by atoms with E-state index in [9.17, 15) is 14.4 Å². The molecule has 3 amide bonds. The normalized spacial score (nSPS) is 24.2. The van der Waals surface area contributed by atoms with E-state index in [4.69, 9.17) is 0 Å². The molecule has 0 N–H and O–H groups in total. The van der Waals surface area contributed by atoms with Crippen LogP contribution >= 0.6 is 15.9 Å². The van der Waals surface area contributed by atoms with Crippen molar-refractivity contribution in [2.45, 2.75) is 25.7 Å². The molecular weight excluding hydrogens is 396 g/mol. The lowest BCUT2D eigenvalue weighted by molar-refractivity contribution is -0.130. The van der Waals surface area contributed by atoms with Gasteiger partial charge >= 0.3 is 0 Å². The van der Waals surface area contributed by atoms with Crippen LogP contribution in [0.15, 0.2) is 34.8 Å². The van der Waals surface area contributed by atoms with Crippen molar-refractivity contribution in [1.82, 2.24) is 9.80 Å². The van der Waals surface area contributed by atoms with E-state index in [1.807, 2.05) is 4.90 Å². The molecule has 0 spiro atoms. The zero-order valence-corrected chi connectivity index (χ0v) is 16.1. The lowest BCUT2D eigenvalue weighted by atomic mass is 9.86. The van der Waals surface area contributed by atoms with Gasteiger partial charge in [-0.2, -0.15) is 0 Å². The molecule has 4 rings (SSSR count). The van der Waals surface area contributed by atoms with Crippen molar-refractivity contribution in [2.75, 3.05) is 19.6 Å². The van der Waals surface area contributed by atoms with Crippen LogP contribution in [-0.2, 0) is 4.79 Å². The van der Waals surface area contributed by atoms with Gasteiger partial charge in [-0.15, -0.1) is 0 Å². The van der Waals surface area contributed by atoms with Gasteiger partial charge in [0.25, 0.3) is 11.8 Å². The number of halogens is 1. The van der Waals surface area contributed by atoms with Crippen molar-refractivity contribution in [3.8, 4) is 0 Å². The largest absolute Gasteiger partial charge is 0.342 e. The molecule has 1 aliphatic carbocycles. The van der Waals surface area contributed by atoms with E-state index in [1.165, 1.54) is 4.90 Å². The maximum atomic E-state index is 12.5. The predicted molar refractivity (Wildman–Crippen MR) is 101 cm³/mol. The first-order valence-electron chi connectivity index (χ1n) is 9.13. The fourth-order valence-corrected chi connectivity index (χ4v) is 4.59. The van der Waals surface area contributed by atoms with E-state index in [1.54, 1.807) is 18.2 Å². The fourth-order valence-electron chi connectivity index (χ4n) is 4.23. The van der Waals surface area contributed by atoms with Crippen molar-refractivity contribution < 1.29 is 14.4 Å². The van der Waals surface area contributed by atoms with Crippen LogP contribution < -0.4 is 0 Å². The minimum atomic E-state index is -0.267. The van der Waals surface area contributed by atoms with Crippen molar-refractivity contribution >= 4 is 33.7 Å². The van der Waals surface area contributed by atoms with Gasteiger partial charge in [-0.1, -0.05) is 28.1 Å². The summed E-state index contributed by atoms with van der Waals surface area (Å²) in [5.74, 6) is 0.802. The van der Waals surface area contributed by atoms with E-state index >= 15 is 0 Å². The summed E-state index contributed by atoms with van der Waals surface area (Å²) in [6, 6.07) is 5.12. The molecule has 136 valence electrons. The molecule has 2 heterocycles. The van der Waals surface area contributed by atoms with Gasteiger partial charge in [0.2, 0.25) is 5.91 Å². The van der Waals surface area contributed by atoms with Crippen molar-refractivity contribution in [3.63, 3.8) is 0 Å². The summed E-state index contributed by atoms with van der Waals surface area (Å²) in [6.07, 6.45) is 7.46. The van der Waals surface area contributed by atoms with Crippen LogP contribution in [0.5, 0.6) is 0 Å². The van der Waals surface area contributed by atoms with Gasteiger partial charge < -0.3 is 4.90 Å². The second-order valence-corrected chi connectivity index (χ2v) is 8.23. The molecule has 0 bridgehead atoms. The first kappa shape index (κ1) is 17.5. The van der Waals surface area contributed by atoms with Crippen LogP contribution in [0.3, 0.4) is 0 Å². The number of amides is 3. The van der Waals surface area contributed by atoms with Gasteiger partial charge in [-0.3, -0.25) is 19.3 Å². The van der Waals surface area contributed by atoms with Crippen LogP contribution in [0.1, 0.15) is 46.4 Å². The topological polar surface area (TPSA) is 57.7 Å². The Morgan fingerprint density at radius 1 is 1.04 bits per heavy atom. The summed E-state index contributed by atoms with van der Waals surface area (Å²) in [5, 5.41) is 0. The third-order valence-corrected chi connectivity index (χ3v) is 6.17. The van der Waals surface area contributed by atoms with Gasteiger partial charge in [0.15, 0.2) is 0 Å². The van der Waals surface area contributed by atoms with E-state index in [2.05, 4.69) is 28.1 Å². The maximum Gasteiger partial charge on any atom is 0.261 e. The summed E-state index contributed by atoms with van der Waals surface area (Å²) in [7, 11) is 0. The number of hydrogen-bond donors (Lipinski definition) is 0. The zero-order chi connectivity index (χ0) is 18.3. The van der Waals surface area contributed by atoms with Gasteiger partial charge in [-0.05, 0) is 49.3 Å². The monoisotopic (exact) mass is 416 g/mol. The van der Waals surface area contributed by atoms with Crippen LogP contribution in [0.25, 0.3) is 0 Å². The number of allylic oxidation sites excluding steroid dienone is 2. The number of imide groups is 1. The van der Waals surface area contributed by atoms with Gasteiger partial charge in [0.05, 0.1) is 11.1 Å². The molecule has 0 aromatic heterocycles. The van der Waals surface area contributed by atoms with E-state index in [-0.39, 0.29) is 24.3 Å². The minimum absolute atomic E-state index is 0.138. The number of nitrogens with zero attached hydrogens (tertiary/aromatic N) is 2. The molecule has 2 aliphatic heterocycles. The Hall–Kier alpha value is -1.95. The highest BCUT2D eigenvalue weighted by Gasteiger charge is 2.36. The molecule has 0 radical (unpaired) electrons. The third-order valence-electron chi connectivity index (χ3n) is 5.68. The number of rotatable bonds is 4. The standard InChI is InChI=1S/C20H21BrN2O3/c21-15-7-8-16-17(10-15)20(26)23(19(16)25)9-3-6-18(24)22-11-13-4-1-2-5-14(13)12-22/h1-2,7-8,10,13-14H,3-6,9,11-12H2. The van der Waals surface area contributed by atoms with Crippen LogP contribution in [-0.4, -0.2) is 47.2 Å². The van der Waals surface area contributed by atoms with Gasteiger partial charge in [-0.25, -0.2) is 0 Å². The Kier molecular flexibility index (Phi) is 4.69. The Labute approximate surface area is 161 Å². The molecule has 0 saturated carbocycles. The summed E-state index contributed by atoms with van der Waals surface area (Å²) >= 11 is 3.33. The first-order valence-corrected chi connectivity index (χ1v) is 9.92. The third kappa shape index (κ3) is 3.11. The highest BCUT2D eigenvalue weighted by molar-refractivity contribution is 9.10.